The number of hydrogen-bond acceptors (Lipinski definition) is 5. The molecule has 2 heterocycles. The number of carbonyl (C=O) groups is 1. The number of aromatic nitrogens is 3. The number of ether oxygens (including phenoxy) is 1. The van der Waals surface area contributed by atoms with Crippen molar-refractivity contribution in [2.24, 2.45) is 5.92 Å². The number of amides is 1. The van der Waals surface area contributed by atoms with Gasteiger partial charge in [-0.1, -0.05) is 23.9 Å². The number of aromatic amines is 1. The summed E-state index contributed by atoms with van der Waals surface area (Å²) in [5, 5.41) is 7.45. The van der Waals surface area contributed by atoms with Crippen molar-refractivity contribution < 1.29 is 9.53 Å². The van der Waals surface area contributed by atoms with Crippen LogP contribution in [-0.2, 0) is 10.5 Å². The molecule has 1 aromatic carbocycles. The van der Waals surface area contributed by atoms with Crippen LogP contribution in [0.2, 0.25) is 0 Å². The summed E-state index contributed by atoms with van der Waals surface area (Å²) in [6, 6.07) is 7.82. The average molecular weight is 346 g/mol. The number of benzene rings is 1. The van der Waals surface area contributed by atoms with Crippen LogP contribution in [0.3, 0.4) is 0 Å². The van der Waals surface area contributed by atoms with Gasteiger partial charge in [0.1, 0.15) is 6.33 Å². The van der Waals surface area contributed by atoms with Gasteiger partial charge in [0, 0.05) is 36.9 Å². The second-order valence-corrected chi connectivity index (χ2v) is 6.81. The molecule has 1 fully saturated rings. The molecule has 0 spiro atoms. The monoisotopic (exact) mass is 346 g/mol. The molecule has 1 aliphatic heterocycles. The van der Waals surface area contributed by atoms with E-state index < -0.39 is 0 Å². The van der Waals surface area contributed by atoms with Crippen LogP contribution in [0.4, 0.5) is 0 Å². The van der Waals surface area contributed by atoms with Crippen LogP contribution >= 0.6 is 11.8 Å². The Morgan fingerprint density at radius 1 is 1.42 bits per heavy atom. The van der Waals surface area contributed by atoms with E-state index in [0.29, 0.717) is 5.92 Å². The van der Waals surface area contributed by atoms with Gasteiger partial charge in [-0.3, -0.25) is 9.89 Å². The Labute approximate surface area is 146 Å². The van der Waals surface area contributed by atoms with E-state index in [1.165, 1.54) is 6.33 Å². The lowest BCUT2D eigenvalue weighted by atomic mass is 10.1. The number of rotatable bonds is 7. The Morgan fingerprint density at radius 2 is 2.25 bits per heavy atom. The van der Waals surface area contributed by atoms with Crippen molar-refractivity contribution in [3.8, 4) is 0 Å². The third kappa shape index (κ3) is 4.36. The van der Waals surface area contributed by atoms with E-state index >= 15 is 0 Å². The Balaban J connectivity index is 1.57. The SMILES string of the molecule is CCN(C[C@@H]1CCOC1)C(=O)c1ccc(CSc2ncn[nH]2)cc1. The van der Waals surface area contributed by atoms with Gasteiger partial charge in [-0.25, -0.2) is 4.98 Å². The number of carbonyl (C=O) groups excluding carboxylic acids is 1. The summed E-state index contributed by atoms with van der Waals surface area (Å²) in [7, 11) is 0. The summed E-state index contributed by atoms with van der Waals surface area (Å²) in [5.41, 5.74) is 1.89. The van der Waals surface area contributed by atoms with Crippen LogP contribution in [0.1, 0.15) is 29.3 Å². The number of hydrogen-bond donors (Lipinski definition) is 1. The third-order valence-electron chi connectivity index (χ3n) is 4.14. The van der Waals surface area contributed by atoms with Crippen molar-refractivity contribution in [2.45, 2.75) is 24.3 Å². The lowest BCUT2D eigenvalue weighted by Crippen LogP contribution is -2.35. The summed E-state index contributed by atoms with van der Waals surface area (Å²) in [6.45, 7) is 5.10. The fraction of sp³-hybridized carbons (Fsp3) is 0.471. The van der Waals surface area contributed by atoms with Crippen molar-refractivity contribution in [3.05, 3.63) is 41.7 Å². The molecule has 1 aliphatic rings. The third-order valence-corrected chi connectivity index (χ3v) is 5.09. The molecule has 128 valence electrons. The topological polar surface area (TPSA) is 71.1 Å². The maximum atomic E-state index is 12.7. The summed E-state index contributed by atoms with van der Waals surface area (Å²) >= 11 is 1.59. The summed E-state index contributed by atoms with van der Waals surface area (Å²) in [5.74, 6) is 1.35. The van der Waals surface area contributed by atoms with Gasteiger partial charge >= 0.3 is 0 Å². The van der Waals surface area contributed by atoms with Crippen molar-refractivity contribution >= 4 is 17.7 Å². The van der Waals surface area contributed by atoms with Gasteiger partial charge in [0.2, 0.25) is 0 Å². The van der Waals surface area contributed by atoms with Crippen LogP contribution in [0.5, 0.6) is 0 Å². The summed E-state index contributed by atoms with van der Waals surface area (Å²) < 4.78 is 5.41. The number of nitrogens with zero attached hydrogens (tertiary/aromatic N) is 3. The minimum Gasteiger partial charge on any atom is -0.381 e. The zero-order valence-electron chi connectivity index (χ0n) is 13.8. The largest absolute Gasteiger partial charge is 0.381 e. The standard InChI is InChI=1S/C17H22N4O2S/c1-2-21(9-14-7-8-23-10-14)16(22)15-5-3-13(4-6-15)11-24-17-18-12-19-20-17/h3-6,12,14H,2,7-11H2,1H3,(H,18,19,20)/t14-/m0/s1. The van der Waals surface area contributed by atoms with Gasteiger partial charge in [0.25, 0.3) is 5.91 Å². The molecular formula is C17H22N4O2S. The highest BCUT2D eigenvalue weighted by Gasteiger charge is 2.22. The zero-order chi connectivity index (χ0) is 16.8. The average Bonchev–Trinajstić information content (AvgIpc) is 3.31. The van der Waals surface area contributed by atoms with Crippen LogP contribution in [0.15, 0.2) is 35.7 Å². The van der Waals surface area contributed by atoms with E-state index in [4.69, 9.17) is 4.74 Å². The molecule has 1 aromatic heterocycles. The molecule has 6 nitrogen and oxygen atoms in total. The van der Waals surface area contributed by atoms with E-state index in [-0.39, 0.29) is 5.91 Å². The fourth-order valence-electron chi connectivity index (χ4n) is 2.74. The Hall–Kier alpha value is -1.86. The Morgan fingerprint density at radius 3 is 2.88 bits per heavy atom. The highest BCUT2D eigenvalue weighted by molar-refractivity contribution is 7.98. The van der Waals surface area contributed by atoms with E-state index in [0.717, 1.165) is 54.8 Å². The first kappa shape index (κ1) is 17.0. The molecule has 7 heteroatoms. The molecule has 0 aliphatic carbocycles. The van der Waals surface area contributed by atoms with Crippen molar-refractivity contribution in [1.29, 1.82) is 0 Å². The zero-order valence-corrected chi connectivity index (χ0v) is 14.6. The molecule has 2 aromatic rings. The molecule has 0 unspecified atom stereocenters. The fourth-order valence-corrected chi connectivity index (χ4v) is 3.47. The molecule has 1 atom stereocenters. The number of H-pyrrole nitrogens is 1. The summed E-state index contributed by atoms with van der Waals surface area (Å²) in [4.78, 5) is 18.7. The lowest BCUT2D eigenvalue weighted by molar-refractivity contribution is 0.0731. The highest BCUT2D eigenvalue weighted by Crippen LogP contribution is 2.20. The van der Waals surface area contributed by atoms with Gasteiger partial charge in [0.15, 0.2) is 5.16 Å². The minimum absolute atomic E-state index is 0.0961. The van der Waals surface area contributed by atoms with Gasteiger partial charge in [0.05, 0.1) is 6.61 Å². The van der Waals surface area contributed by atoms with Crippen LogP contribution in [0, 0.1) is 5.92 Å². The molecule has 0 bridgehead atoms. The maximum Gasteiger partial charge on any atom is 0.253 e. The molecule has 0 radical (unpaired) electrons. The first-order valence-electron chi connectivity index (χ1n) is 8.20. The maximum absolute atomic E-state index is 12.7. The molecule has 1 amide bonds. The second kappa shape index (κ2) is 8.30. The van der Waals surface area contributed by atoms with Crippen LogP contribution in [0.25, 0.3) is 0 Å². The molecule has 1 saturated heterocycles. The number of thioether (sulfide) groups is 1. The lowest BCUT2D eigenvalue weighted by Gasteiger charge is -2.23. The van der Waals surface area contributed by atoms with Gasteiger partial charge in [-0.2, -0.15) is 5.10 Å². The smallest absolute Gasteiger partial charge is 0.253 e. The van der Waals surface area contributed by atoms with Gasteiger partial charge in [-0.05, 0) is 31.0 Å². The Kier molecular flexibility index (Phi) is 5.87. The summed E-state index contributed by atoms with van der Waals surface area (Å²) in [6.07, 6.45) is 2.54. The molecule has 3 rings (SSSR count). The van der Waals surface area contributed by atoms with Crippen molar-refractivity contribution in [2.75, 3.05) is 26.3 Å². The van der Waals surface area contributed by atoms with E-state index in [1.54, 1.807) is 11.8 Å². The second-order valence-electron chi connectivity index (χ2n) is 5.85. The first-order chi connectivity index (χ1) is 11.8. The highest BCUT2D eigenvalue weighted by atomic mass is 32.2. The van der Waals surface area contributed by atoms with Gasteiger partial charge < -0.3 is 9.64 Å². The van der Waals surface area contributed by atoms with E-state index in [1.807, 2.05) is 36.1 Å². The minimum atomic E-state index is 0.0961. The normalized spacial score (nSPS) is 17.1. The number of nitrogens with one attached hydrogen (secondary N) is 1. The molecular weight excluding hydrogens is 324 g/mol. The van der Waals surface area contributed by atoms with E-state index in [9.17, 15) is 4.79 Å². The molecule has 0 saturated carbocycles. The van der Waals surface area contributed by atoms with Gasteiger partial charge in [-0.15, -0.1) is 0 Å². The van der Waals surface area contributed by atoms with Crippen molar-refractivity contribution in [3.63, 3.8) is 0 Å². The van der Waals surface area contributed by atoms with Crippen LogP contribution < -0.4 is 0 Å². The van der Waals surface area contributed by atoms with Crippen LogP contribution in [-0.4, -0.2) is 52.3 Å². The molecule has 24 heavy (non-hydrogen) atoms. The molecule has 1 N–H and O–H groups in total. The Bertz CT molecular complexity index is 639. The van der Waals surface area contributed by atoms with E-state index in [2.05, 4.69) is 15.2 Å². The predicted molar refractivity (Wildman–Crippen MR) is 92.9 cm³/mol. The predicted octanol–water partition coefficient (Wildman–Crippen LogP) is 2.60. The first-order valence-corrected chi connectivity index (χ1v) is 9.19. The quantitative estimate of drug-likeness (QED) is 0.780. The van der Waals surface area contributed by atoms with Crippen molar-refractivity contribution in [1.82, 2.24) is 20.1 Å².